The third-order valence-electron chi connectivity index (χ3n) is 2.92. The maximum absolute atomic E-state index is 14.0. The van der Waals surface area contributed by atoms with Crippen LogP contribution in [-0.4, -0.2) is 11.5 Å². The van der Waals surface area contributed by atoms with Crippen molar-refractivity contribution in [1.82, 2.24) is 10.3 Å². The Balaban J connectivity index is 2.59. The first-order valence-electron chi connectivity index (χ1n) is 6.12. The number of aromatic nitrogens is 1. The molecule has 0 saturated carbocycles. The molecule has 1 aromatic heterocycles. The molecule has 2 rings (SSSR count). The van der Waals surface area contributed by atoms with Crippen molar-refractivity contribution in [3.8, 4) is 0 Å². The van der Waals surface area contributed by atoms with E-state index in [1.807, 2.05) is 6.92 Å². The second kappa shape index (κ2) is 6.15. The number of nitrogens with zero attached hydrogens (tertiary/aromatic N) is 1. The third kappa shape index (κ3) is 2.89. The van der Waals surface area contributed by atoms with E-state index in [9.17, 15) is 8.78 Å². The molecule has 3 nitrogen and oxygen atoms in total. The zero-order valence-electron chi connectivity index (χ0n) is 10.8. The lowest BCUT2D eigenvalue weighted by Gasteiger charge is -2.21. The molecule has 0 fully saturated rings. The zero-order valence-corrected chi connectivity index (χ0v) is 11.6. The molecule has 0 spiro atoms. The minimum Gasteiger partial charge on any atom is -0.383 e. The molecular weight excluding hydrogens is 284 g/mol. The fourth-order valence-electron chi connectivity index (χ4n) is 2.05. The predicted octanol–water partition coefficient (Wildman–Crippen LogP) is 3.29. The molecule has 1 aromatic carbocycles. The number of rotatable bonds is 4. The number of nitrogens with two attached hydrogens (primary N) is 1. The number of nitrogens with one attached hydrogen (secondary N) is 1. The summed E-state index contributed by atoms with van der Waals surface area (Å²) in [6, 6.07) is 4.54. The molecular formula is C14H14ClF2N3. The van der Waals surface area contributed by atoms with Gasteiger partial charge < -0.3 is 11.1 Å². The molecule has 0 aliphatic rings. The largest absolute Gasteiger partial charge is 0.383 e. The monoisotopic (exact) mass is 297 g/mol. The molecule has 1 heterocycles. The normalized spacial score (nSPS) is 12.4. The van der Waals surface area contributed by atoms with Crippen LogP contribution in [0, 0.1) is 11.6 Å². The van der Waals surface area contributed by atoms with Crippen LogP contribution in [0.25, 0.3) is 0 Å². The van der Waals surface area contributed by atoms with E-state index in [2.05, 4.69) is 10.3 Å². The number of hydrogen-bond donors (Lipinski definition) is 2. The number of hydrogen-bond acceptors (Lipinski definition) is 3. The Labute approximate surface area is 120 Å². The summed E-state index contributed by atoms with van der Waals surface area (Å²) < 4.78 is 27.9. The van der Waals surface area contributed by atoms with Crippen molar-refractivity contribution < 1.29 is 8.78 Å². The van der Waals surface area contributed by atoms with Gasteiger partial charge in [0.2, 0.25) is 0 Å². The predicted molar refractivity (Wildman–Crippen MR) is 75.5 cm³/mol. The number of halogens is 3. The molecule has 6 heteroatoms. The number of nitrogen functional groups attached to an aromatic ring is 1. The standard InChI is InChI=1S/C14H14ClF2N3/c1-2-19-13(9-6-8(15)7-20-14(9)18)12-10(16)4-3-5-11(12)17/h3-7,13,19H,2H2,1H3,(H2,18,20). The van der Waals surface area contributed by atoms with Gasteiger partial charge in [0.1, 0.15) is 17.5 Å². The van der Waals surface area contributed by atoms with Crippen LogP contribution in [0.3, 0.4) is 0 Å². The van der Waals surface area contributed by atoms with E-state index < -0.39 is 17.7 Å². The minimum atomic E-state index is -0.743. The highest BCUT2D eigenvalue weighted by Gasteiger charge is 2.23. The van der Waals surface area contributed by atoms with Crippen molar-refractivity contribution in [3.63, 3.8) is 0 Å². The lowest BCUT2D eigenvalue weighted by molar-refractivity contribution is 0.510. The maximum atomic E-state index is 14.0. The second-order valence-corrected chi connectivity index (χ2v) is 4.69. The Morgan fingerprint density at radius 2 is 2.00 bits per heavy atom. The van der Waals surface area contributed by atoms with Crippen molar-refractivity contribution in [2.45, 2.75) is 13.0 Å². The zero-order chi connectivity index (χ0) is 14.7. The molecule has 0 aliphatic heterocycles. The van der Waals surface area contributed by atoms with Crippen LogP contribution in [0.1, 0.15) is 24.1 Å². The van der Waals surface area contributed by atoms with Crippen LogP contribution < -0.4 is 11.1 Å². The summed E-state index contributed by atoms with van der Waals surface area (Å²) in [4.78, 5) is 3.93. The molecule has 0 amide bonds. The highest BCUT2D eigenvalue weighted by Crippen LogP contribution is 2.30. The Morgan fingerprint density at radius 3 is 2.60 bits per heavy atom. The van der Waals surface area contributed by atoms with Crippen molar-refractivity contribution in [2.24, 2.45) is 0 Å². The molecule has 2 aromatic rings. The van der Waals surface area contributed by atoms with Gasteiger partial charge in [-0.05, 0) is 24.7 Å². The van der Waals surface area contributed by atoms with E-state index in [-0.39, 0.29) is 11.4 Å². The lowest BCUT2D eigenvalue weighted by Crippen LogP contribution is -2.25. The van der Waals surface area contributed by atoms with E-state index in [1.165, 1.54) is 24.4 Å². The fraction of sp³-hybridized carbons (Fsp3) is 0.214. The summed E-state index contributed by atoms with van der Waals surface area (Å²) in [6.07, 6.45) is 1.39. The topological polar surface area (TPSA) is 50.9 Å². The molecule has 106 valence electrons. The van der Waals surface area contributed by atoms with Gasteiger partial charge >= 0.3 is 0 Å². The van der Waals surface area contributed by atoms with Gasteiger partial charge in [0.15, 0.2) is 0 Å². The van der Waals surface area contributed by atoms with Crippen LogP contribution >= 0.6 is 11.6 Å². The number of benzene rings is 1. The average molecular weight is 298 g/mol. The summed E-state index contributed by atoms with van der Waals surface area (Å²) in [5.74, 6) is -1.10. The van der Waals surface area contributed by atoms with E-state index in [4.69, 9.17) is 17.3 Å². The first-order chi connectivity index (χ1) is 9.54. The van der Waals surface area contributed by atoms with Crippen LogP contribution in [-0.2, 0) is 0 Å². The Kier molecular flexibility index (Phi) is 4.52. The first kappa shape index (κ1) is 14.7. The SMILES string of the molecule is CCNC(c1cc(Cl)cnc1N)c1c(F)cccc1F. The van der Waals surface area contributed by atoms with Gasteiger partial charge in [0, 0.05) is 17.3 Å². The van der Waals surface area contributed by atoms with Crippen molar-refractivity contribution in [3.05, 3.63) is 58.2 Å². The highest BCUT2D eigenvalue weighted by molar-refractivity contribution is 6.30. The van der Waals surface area contributed by atoms with Crippen LogP contribution in [0.5, 0.6) is 0 Å². The van der Waals surface area contributed by atoms with Crippen molar-refractivity contribution >= 4 is 17.4 Å². The number of anilines is 1. The van der Waals surface area contributed by atoms with Gasteiger partial charge in [-0.3, -0.25) is 0 Å². The summed E-state index contributed by atoms with van der Waals surface area (Å²) >= 11 is 5.89. The second-order valence-electron chi connectivity index (χ2n) is 4.25. The molecule has 3 N–H and O–H groups in total. The average Bonchev–Trinajstić information content (AvgIpc) is 2.40. The van der Waals surface area contributed by atoms with Crippen molar-refractivity contribution in [1.29, 1.82) is 0 Å². The first-order valence-corrected chi connectivity index (χ1v) is 6.50. The van der Waals surface area contributed by atoms with Gasteiger partial charge in [-0.15, -0.1) is 0 Å². The van der Waals surface area contributed by atoms with Crippen LogP contribution in [0.4, 0.5) is 14.6 Å². The lowest BCUT2D eigenvalue weighted by atomic mass is 9.98. The van der Waals surface area contributed by atoms with Gasteiger partial charge in [0.25, 0.3) is 0 Å². The molecule has 1 atom stereocenters. The highest BCUT2D eigenvalue weighted by atomic mass is 35.5. The van der Waals surface area contributed by atoms with E-state index >= 15 is 0 Å². The van der Waals surface area contributed by atoms with Gasteiger partial charge in [-0.1, -0.05) is 24.6 Å². The van der Waals surface area contributed by atoms with Gasteiger partial charge in [0.05, 0.1) is 11.1 Å². The molecule has 0 radical (unpaired) electrons. The van der Waals surface area contributed by atoms with E-state index in [1.54, 1.807) is 6.07 Å². The van der Waals surface area contributed by atoms with E-state index in [0.29, 0.717) is 17.1 Å². The van der Waals surface area contributed by atoms with E-state index in [0.717, 1.165) is 0 Å². The van der Waals surface area contributed by atoms with Gasteiger partial charge in [-0.25, -0.2) is 13.8 Å². The fourth-order valence-corrected chi connectivity index (χ4v) is 2.22. The smallest absolute Gasteiger partial charge is 0.131 e. The molecule has 0 aliphatic carbocycles. The molecule has 1 unspecified atom stereocenters. The molecule has 0 bridgehead atoms. The summed E-state index contributed by atoms with van der Waals surface area (Å²) in [5, 5.41) is 3.36. The Hall–Kier alpha value is -1.72. The Morgan fingerprint density at radius 1 is 1.35 bits per heavy atom. The minimum absolute atomic E-state index is 0.0925. The van der Waals surface area contributed by atoms with Crippen LogP contribution in [0.2, 0.25) is 5.02 Å². The maximum Gasteiger partial charge on any atom is 0.131 e. The Bertz CT molecular complexity index is 599. The molecule has 20 heavy (non-hydrogen) atoms. The molecule has 0 saturated heterocycles. The number of pyridine rings is 1. The summed E-state index contributed by atoms with van der Waals surface area (Å²) in [7, 11) is 0. The van der Waals surface area contributed by atoms with Crippen molar-refractivity contribution in [2.75, 3.05) is 12.3 Å². The summed E-state index contributed by atoms with van der Waals surface area (Å²) in [5.41, 5.74) is 6.16. The summed E-state index contributed by atoms with van der Waals surface area (Å²) in [6.45, 7) is 2.34. The van der Waals surface area contributed by atoms with Crippen LogP contribution in [0.15, 0.2) is 30.5 Å². The third-order valence-corrected chi connectivity index (χ3v) is 3.13. The quantitative estimate of drug-likeness (QED) is 0.910. The van der Waals surface area contributed by atoms with Gasteiger partial charge in [-0.2, -0.15) is 0 Å².